The lowest BCUT2D eigenvalue weighted by molar-refractivity contribution is 0.209. The first kappa shape index (κ1) is 18.3. The molecule has 0 radical (unpaired) electrons. The molecule has 3 heterocycles. The van der Waals surface area contributed by atoms with Gasteiger partial charge in [-0.25, -0.2) is 0 Å². The van der Waals surface area contributed by atoms with E-state index in [-0.39, 0.29) is 0 Å². The highest BCUT2D eigenvalue weighted by Crippen LogP contribution is 2.29. The van der Waals surface area contributed by atoms with Gasteiger partial charge in [0.05, 0.1) is 0 Å². The van der Waals surface area contributed by atoms with E-state index in [0.717, 1.165) is 24.4 Å². The Morgan fingerprint density at radius 2 is 1.85 bits per heavy atom. The van der Waals surface area contributed by atoms with Gasteiger partial charge in [-0.2, -0.15) is 11.8 Å². The number of rotatable bonds is 5. The van der Waals surface area contributed by atoms with E-state index < -0.39 is 0 Å². The molecule has 1 fully saturated rings. The Labute approximate surface area is 165 Å². The summed E-state index contributed by atoms with van der Waals surface area (Å²) < 4.78 is 2.37. The van der Waals surface area contributed by atoms with Gasteiger partial charge in [0, 0.05) is 35.9 Å². The van der Waals surface area contributed by atoms with Crippen LogP contribution in [0, 0.1) is 0 Å². The standard InChI is InChI=1S/C20H27ClN4S/c21-18-5-3-16(4-6-18)17-7-11-24(12-8-17)10-1-2-19-22-23-20-9-14-26-15-13-25(19)20/h3-6,17H,1-2,7-15H2. The maximum absolute atomic E-state index is 6.01. The average molecular weight is 391 g/mol. The van der Waals surface area contributed by atoms with Gasteiger partial charge in [-0.1, -0.05) is 23.7 Å². The summed E-state index contributed by atoms with van der Waals surface area (Å²) >= 11 is 8.03. The molecule has 4 nitrogen and oxygen atoms in total. The van der Waals surface area contributed by atoms with E-state index in [0.29, 0.717) is 5.92 Å². The molecule has 2 aromatic rings. The first-order chi connectivity index (χ1) is 12.8. The van der Waals surface area contributed by atoms with Gasteiger partial charge >= 0.3 is 0 Å². The maximum atomic E-state index is 6.01. The zero-order valence-electron chi connectivity index (χ0n) is 15.2. The van der Waals surface area contributed by atoms with Crippen molar-refractivity contribution < 1.29 is 0 Å². The molecule has 6 heteroatoms. The fraction of sp³-hybridized carbons (Fsp3) is 0.600. The normalized spacial score (nSPS) is 19.3. The number of aromatic nitrogens is 3. The van der Waals surface area contributed by atoms with Crippen molar-refractivity contribution in [2.75, 3.05) is 31.1 Å². The van der Waals surface area contributed by atoms with Gasteiger partial charge in [0.2, 0.25) is 0 Å². The first-order valence-corrected chi connectivity index (χ1v) is 11.3. The molecule has 0 saturated carbocycles. The van der Waals surface area contributed by atoms with Crippen molar-refractivity contribution >= 4 is 23.4 Å². The Kier molecular flexibility index (Phi) is 6.18. The molecule has 0 bridgehead atoms. The van der Waals surface area contributed by atoms with Crippen LogP contribution in [-0.2, 0) is 19.4 Å². The average Bonchev–Trinajstić information content (AvgIpc) is 2.89. The highest BCUT2D eigenvalue weighted by molar-refractivity contribution is 7.99. The van der Waals surface area contributed by atoms with Crippen LogP contribution in [-0.4, -0.2) is 50.8 Å². The predicted molar refractivity (Wildman–Crippen MR) is 109 cm³/mol. The smallest absolute Gasteiger partial charge is 0.133 e. The summed E-state index contributed by atoms with van der Waals surface area (Å²) in [5.41, 5.74) is 1.44. The number of nitrogens with zero attached hydrogens (tertiary/aromatic N) is 4. The predicted octanol–water partition coefficient (Wildman–Crippen LogP) is 4.03. The zero-order chi connectivity index (χ0) is 17.8. The van der Waals surface area contributed by atoms with Gasteiger partial charge in [-0.05, 0) is 62.5 Å². The zero-order valence-corrected chi connectivity index (χ0v) is 16.8. The lowest BCUT2D eigenvalue weighted by atomic mass is 9.89. The van der Waals surface area contributed by atoms with Gasteiger partial charge in [-0.15, -0.1) is 10.2 Å². The fourth-order valence-corrected chi connectivity index (χ4v) is 5.08. The third-order valence-corrected chi connectivity index (χ3v) is 6.85. The van der Waals surface area contributed by atoms with Crippen molar-refractivity contribution in [1.82, 2.24) is 19.7 Å². The van der Waals surface area contributed by atoms with Crippen molar-refractivity contribution in [3.63, 3.8) is 0 Å². The Morgan fingerprint density at radius 1 is 1.04 bits per heavy atom. The Morgan fingerprint density at radius 3 is 2.65 bits per heavy atom. The van der Waals surface area contributed by atoms with E-state index in [1.165, 1.54) is 67.6 Å². The molecule has 0 spiro atoms. The van der Waals surface area contributed by atoms with Gasteiger partial charge in [0.1, 0.15) is 11.6 Å². The molecule has 0 unspecified atom stereocenters. The number of hydrogen-bond donors (Lipinski definition) is 0. The first-order valence-electron chi connectivity index (χ1n) is 9.76. The molecule has 26 heavy (non-hydrogen) atoms. The number of hydrogen-bond acceptors (Lipinski definition) is 4. The summed E-state index contributed by atoms with van der Waals surface area (Å²) in [7, 11) is 0. The summed E-state index contributed by atoms with van der Waals surface area (Å²) in [5.74, 6) is 5.44. The van der Waals surface area contributed by atoms with E-state index in [2.05, 4.69) is 31.8 Å². The molecule has 4 rings (SSSR count). The number of benzene rings is 1. The second-order valence-corrected chi connectivity index (χ2v) is 8.98. The van der Waals surface area contributed by atoms with Crippen molar-refractivity contribution in [3.05, 3.63) is 46.5 Å². The molecule has 2 aliphatic heterocycles. The minimum atomic E-state index is 0.688. The van der Waals surface area contributed by atoms with Crippen molar-refractivity contribution in [2.45, 2.75) is 44.6 Å². The van der Waals surface area contributed by atoms with Crippen LogP contribution in [0.4, 0.5) is 0 Å². The Balaban J connectivity index is 1.23. The molecule has 2 aliphatic rings. The van der Waals surface area contributed by atoms with Crippen LogP contribution in [0.15, 0.2) is 24.3 Å². The van der Waals surface area contributed by atoms with Gasteiger partial charge in [0.15, 0.2) is 0 Å². The molecule has 1 aromatic heterocycles. The van der Waals surface area contributed by atoms with Crippen LogP contribution < -0.4 is 0 Å². The number of fused-ring (bicyclic) bond motifs is 1. The topological polar surface area (TPSA) is 34.0 Å². The molecular formula is C20H27ClN4S. The third kappa shape index (κ3) is 4.44. The summed E-state index contributed by atoms with van der Waals surface area (Å²) in [4.78, 5) is 2.61. The second kappa shape index (κ2) is 8.77. The summed E-state index contributed by atoms with van der Waals surface area (Å²) in [6, 6.07) is 8.42. The van der Waals surface area contributed by atoms with E-state index in [1.54, 1.807) is 0 Å². The van der Waals surface area contributed by atoms with Crippen LogP contribution in [0.25, 0.3) is 0 Å². The minimum absolute atomic E-state index is 0.688. The lowest BCUT2D eigenvalue weighted by Crippen LogP contribution is -2.34. The number of likely N-dealkylation sites (tertiary alicyclic amines) is 1. The molecule has 0 amide bonds. The Bertz CT molecular complexity index is 707. The highest BCUT2D eigenvalue weighted by Gasteiger charge is 2.21. The van der Waals surface area contributed by atoms with E-state index in [1.807, 2.05) is 23.9 Å². The monoisotopic (exact) mass is 390 g/mol. The SMILES string of the molecule is Clc1ccc(C2CCN(CCCc3nnc4n3CCSCC4)CC2)cc1. The molecule has 1 saturated heterocycles. The van der Waals surface area contributed by atoms with E-state index in [4.69, 9.17) is 11.6 Å². The Hall–Kier alpha value is -1.04. The van der Waals surface area contributed by atoms with E-state index >= 15 is 0 Å². The summed E-state index contributed by atoms with van der Waals surface area (Å²) in [6.07, 6.45) is 5.79. The van der Waals surface area contributed by atoms with Crippen LogP contribution in [0.1, 0.15) is 42.4 Å². The molecule has 0 atom stereocenters. The molecule has 0 aliphatic carbocycles. The van der Waals surface area contributed by atoms with Crippen LogP contribution in [0.2, 0.25) is 5.02 Å². The third-order valence-electron chi connectivity index (χ3n) is 5.64. The summed E-state index contributed by atoms with van der Waals surface area (Å²) in [6.45, 7) is 4.64. The fourth-order valence-electron chi connectivity index (χ4n) is 4.11. The lowest BCUT2D eigenvalue weighted by Gasteiger charge is -2.32. The molecule has 140 valence electrons. The highest BCUT2D eigenvalue weighted by atomic mass is 35.5. The van der Waals surface area contributed by atoms with Gasteiger partial charge in [-0.3, -0.25) is 0 Å². The van der Waals surface area contributed by atoms with Crippen LogP contribution in [0.5, 0.6) is 0 Å². The molecule has 1 aromatic carbocycles. The van der Waals surface area contributed by atoms with Crippen LogP contribution in [0.3, 0.4) is 0 Å². The van der Waals surface area contributed by atoms with Crippen molar-refractivity contribution in [3.8, 4) is 0 Å². The molecule has 0 N–H and O–H groups in total. The maximum Gasteiger partial charge on any atom is 0.133 e. The molecular weight excluding hydrogens is 364 g/mol. The quantitative estimate of drug-likeness (QED) is 0.771. The number of piperidine rings is 1. The van der Waals surface area contributed by atoms with Gasteiger partial charge < -0.3 is 9.47 Å². The van der Waals surface area contributed by atoms with Crippen LogP contribution >= 0.6 is 23.4 Å². The number of thioether (sulfide) groups is 1. The number of halogens is 1. The van der Waals surface area contributed by atoms with Gasteiger partial charge in [0.25, 0.3) is 0 Å². The minimum Gasteiger partial charge on any atom is -0.314 e. The van der Waals surface area contributed by atoms with E-state index in [9.17, 15) is 0 Å². The largest absolute Gasteiger partial charge is 0.314 e. The number of aryl methyl sites for hydroxylation is 2. The second-order valence-electron chi connectivity index (χ2n) is 7.32. The van der Waals surface area contributed by atoms with Crippen molar-refractivity contribution in [2.24, 2.45) is 0 Å². The summed E-state index contributed by atoms with van der Waals surface area (Å²) in [5, 5.41) is 9.69. The van der Waals surface area contributed by atoms with Crippen molar-refractivity contribution in [1.29, 1.82) is 0 Å².